The summed E-state index contributed by atoms with van der Waals surface area (Å²) in [6, 6.07) is 4.68. The Morgan fingerprint density at radius 3 is 2.84 bits per heavy atom. The number of hydrogen-bond donors (Lipinski definition) is 1. The highest BCUT2D eigenvalue weighted by molar-refractivity contribution is 5.46. The standard InChI is InChI=1S/C15H25N3O/c1-4-12-10-19-11(3)9-18(12)13-6-7-15(17-8-13)14(16)5-2/h6-8,11-12,14H,4-5,9-10,16H2,1-3H3. The van der Waals surface area contributed by atoms with Crippen LogP contribution in [0.5, 0.6) is 0 Å². The lowest BCUT2D eigenvalue weighted by atomic mass is 10.1. The van der Waals surface area contributed by atoms with Crippen molar-refractivity contribution in [1.82, 2.24) is 4.98 Å². The molecule has 1 aliphatic heterocycles. The molecule has 4 nitrogen and oxygen atoms in total. The Hall–Kier alpha value is -1.13. The molecule has 2 heterocycles. The number of anilines is 1. The van der Waals surface area contributed by atoms with Crippen LogP contribution in [0.2, 0.25) is 0 Å². The summed E-state index contributed by atoms with van der Waals surface area (Å²) in [4.78, 5) is 6.92. The van der Waals surface area contributed by atoms with Crippen molar-refractivity contribution in [2.24, 2.45) is 5.73 Å². The number of morpholine rings is 1. The van der Waals surface area contributed by atoms with Gasteiger partial charge >= 0.3 is 0 Å². The minimum absolute atomic E-state index is 0.0413. The molecule has 1 saturated heterocycles. The molecule has 3 atom stereocenters. The van der Waals surface area contributed by atoms with Crippen LogP contribution in [0.1, 0.15) is 45.3 Å². The maximum absolute atomic E-state index is 6.00. The van der Waals surface area contributed by atoms with Gasteiger partial charge in [0.25, 0.3) is 0 Å². The minimum atomic E-state index is 0.0413. The first kappa shape index (κ1) is 14.3. The fourth-order valence-corrected chi connectivity index (χ4v) is 2.49. The molecule has 3 unspecified atom stereocenters. The molecule has 0 aromatic carbocycles. The quantitative estimate of drug-likeness (QED) is 0.907. The van der Waals surface area contributed by atoms with Crippen LogP contribution in [0.4, 0.5) is 5.69 Å². The molecule has 0 spiro atoms. The van der Waals surface area contributed by atoms with Crippen LogP contribution in [0.25, 0.3) is 0 Å². The Bertz CT molecular complexity index is 393. The zero-order chi connectivity index (χ0) is 13.8. The summed E-state index contributed by atoms with van der Waals surface area (Å²) in [5.74, 6) is 0. The van der Waals surface area contributed by atoms with Crippen molar-refractivity contribution >= 4 is 5.69 Å². The molecule has 106 valence electrons. The van der Waals surface area contributed by atoms with E-state index < -0.39 is 0 Å². The SMILES string of the molecule is CCC(N)c1ccc(N2CC(C)OCC2CC)cn1. The third-order valence-electron chi connectivity index (χ3n) is 3.86. The Labute approximate surface area is 116 Å². The van der Waals surface area contributed by atoms with Crippen molar-refractivity contribution in [2.75, 3.05) is 18.1 Å². The average molecular weight is 263 g/mol. The van der Waals surface area contributed by atoms with E-state index in [9.17, 15) is 0 Å². The molecular weight excluding hydrogens is 238 g/mol. The Morgan fingerprint density at radius 2 is 2.26 bits per heavy atom. The van der Waals surface area contributed by atoms with Crippen LogP contribution in [0, 0.1) is 0 Å². The van der Waals surface area contributed by atoms with E-state index in [1.807, 2.05) is 6.20 Å². The fourth-order valence-electron chi connectivity index (χ4n) is 2.49. The summed E-state index contributed by atoms with van der Waals surface area (Å²) in [6.07, 6.45) is 4.23. The molecule has 2 N–H and O–H groups in total. The molecule has 19 heavy (non-hydrogen) atoms. The summed E-state index contributed by atoms with van der Waals surface area (Å²) in [5.41, 5.74) is 8.15. The second-order valence-corrected chi connectivity index (χ2v) is 5.31. The van der Waals surface area contributed by atoms with Gasteiger partial charge in [-0.15, -0.1) is 0 Å². The fraction of sp³-hybridized carbons (Fsp3) is 0.667. The van der Waals surface area contributed by atoms with Gasteiger partial charge in [0.2, 0.25) is 0 Å². The number of pyridine rings is 1. The first-order valence-corrected chi connectivity index (χ1v) is 7.25. The molecule has 0 saturated carbocycles. The van der Waals surface area contributed by atoms with Crippen LogP contribution in [0.15, 0.2) is 18.3 Å². The minimum Gasteiger partial charge on any atom is -0.375 e. The van der Waals surface area contributed by atoms with E-state index in [1.54, 1.807) is 0 Å². The van der Waals surface area contributed by atoms with Crippen LogP contribution in [0.3, 0.4) is 0 Å². The number of rotatable bonds is 4. The maximum atomic E-state index is 6.00. The predicted octanol–water partition coefficient (Wildman–Crippen LogP) is 2.50. The summed E-state index contributed by atoms with van der Waals surface area (Å²) in [6.45, 7) is 8.13. The highest BCUT2D eigenvalue weighted by Gasteiger charge is 2.25. The summed E-state index contributed by atoms with van der Waals surface area (Å²) < 4.78 is 5.73. The van der Waals surface area contributed by atoms with Crippen molar-refractivity contribution in [2.45, 2.75) is 51.8 Å². The normalized spacial score (nSPS) is 25.4. The Morgan fingerprint density at radius 1 is 1.47 bits per heavy atom. The first-order chi connectivity index (χ1) is 9.15. The van der Waals surface area contributed by atoms with Gasteiger partial charge in [0.1, 0.15) is 0 Å². The molecule has 4 heteroatoms. The van der Waals surface area contributed by atoms with E-state index in [0.717, 1.165) is 31.7 Å². The van der Waals surface area contributed by atoms with E-state index in [4.69, 9.17) is 10.5 Å². The number of hydrogen-bond acceptors (Lipinski definition) is 4. The van der Waals surface area contributed by atoms with Gasteiger partial charge in [-0.05, 0) is 31.9 Å². The van der Waals surface area contributed by atoms with Crippen molar-refractivity contribution in [3.8, 4) is 0 Å². The van der Waals surface area contributed by atoms with Gasteiger partial charge in [0.05, 0.1) is 36.3 Å². The van der Waals surface area contributed by atoms with Crippen molar-refractivity contribution in [3.05, 3.63) is 24.0 Å². The third-order valence-corrected chi connectivity index (χ3v) is 3.86. The number of nitrogens with two attached hydrogens (primary N) is 1. The Kier molecular flexibility index (Phi) is 4.77. The summed E-state index contributed by atoms with van der Waals surface area (Å²) in [5, 5.41) is 0. The monoisotopic (exact) mass is 263 g/mol. The van der Waals surface area contributed by atoms with E-state index in [1.165, 1.54) is 5.69 Å². The van der Waals surface area contributed by atoms with Crippen LogP contribution in [-0.4, -0.2) is 30.3 Å². The van der Waals surface area contributed by atoms with E-state index in [-0.39, 0.29) is 12.1 Å². The molecule has 0 amide bonds. The number of nitrogens with zero attached hydrogens (tertiary/aromatic N) is 2. The van der Waals surface area contributed by atoms with Gasteiger partial charge in [-0.1, -0.05) is 13.8 Å². The topological polar surface area (TPSA) is 51.4 Å². The smallest absolute Gasteiger partial charge is 0.0723 e. The van der Waals surface area contributed by atoms with Crippen molar-refractivity contribution in [1.29, 1.82) is 0 Å². The zero-order valence-corrected chi connectivity index (χ0v) is 12.2. The van der Waals surface area contributed by atoms with Crippen molar-refractivity contribution < 1.29 is 4.74 Å². The maximum Gasteiger partial charge on any atom is 0.0723 e. The lowest BCUT2D eigenvalue weighted by molar-refractivity contribution is 0.0299. The highest BCUT2D eigenvalue weighted by atomic mass is 16.5. The van der Waals surface area contributed by atoms with Gasteiger partial charge in [-0.25, -0.2) is 0 Å². The van der Waals surface area contributed by atoms with E-state index in [2.05, 4.69) is 42.8 Å². The second kappa shape index (κ2) is 6.35. The first-order valence-electron chi connectivity index (χ1n) is 7.25. The lowest BCUT2D eigenvalue weighted by Gasteiger charge is -2.39. The number of aromatic nitrogens is 1. The second-order valence-electron chi connectivity index (χ2n) is 5.31. The largest absolute Gasteiger partial charge is 0.375 e. The molecule has 2 rings (SSSR count). The lowest BCUT2D eigenvalue weighted by Crippen LogP contribution is -2.48. The van der Waals surface area contributed by atoms with E-state index in [0.29, 0.717) is 6.04 Å². The molecule has 0 bridgehead atoms. The molecular formula is C15H25N3O. The van der Waals surface area contributed by atoms with Gasteiger partial charge in [0, 0.05) is 12.6 Å². The summed E-state index contributed by atoms with van der Waals surface area (Å²) in [7, 11) is 0. The van der Waals surface area contributed by atoms with Crippen molar-refractivity contribution in [3.63, 3.8) is 0 Å². The van der Waals surface area contributed by atoms with Crippen LogP contribution >= 0.6 is 0 Å². The van der Waals surface area contributed by atoms with Gasteiger partial charge < -0.3 is 15.4 Å². The molecule has 0 radical (unpaired) electrons. The summed E-state index contributed by atoms with van der Waals surface area (Å²) >= 11 is 0. The number of ether oxygens (including phenoxy) is 1. The van der Waals surface area contributed by atoms with E-state index >= 15 is 0 Å². The third kappa shape index (κ3) is 3.25. The van der Waals surface area contributed by atoms with Crippen LogP contribution in [-0.2, 0) is 4.74 Å². The average Bonchev–Trinajstić information content (AvgIpc) is 2.46. The van der Waals surface area contributed by atoms with Gasteiger partial charge in [0.15, 0.2) is 0 Å². The molecule has 1 fully saturated rings. The molecule has 0 aliphatic carbocycles. The van der Waals surface area contributed by atoms with Crippen LogP contribution < -0.4 is 10.6 Å². The zero-order valence-electron chi connectivity index (χ0n) is 12.2. The molecule has 1 aromatic rings. The predicted molar refractivity (Wildman–Crippen MR) is 78.3 cm³/mol. The highest BCUT2D eigenvalue weighted by Crippen LogP contribution is 2.24. The Balaban J connectivity index is 2.15. The van der Waals surface area contributed by atoms with Gasteiger partial charge in [-0.3, -0.25) is 4.98 Å². The molecule has 1 aromatic heterocycles. The van der Waals surface area contributed by atoms with Gasteiger partial charge in [-0.2, -0.15) is 0 Å². The molecule has 1 aliphatic rings.